The molecule has 0 unspecified atom stereocenters. The van der Waals surface area contributed by atoms with Gasteiger partial charge < -0.3 is 4.90 Å². The molecule has 1 heterocycles. The summed E-state index contributed by atoms with van der Waals surface area (Å²) in [5, 5.41) is 0. The second-order valence-electron chi connectivity index (χ2n) is 4.83. The van der Waals surface area contributed by atoms with E-state index in [4.69, 9.17) is 0 Å². The lowest BCUT2D eigenvalue weighted by Gasteiger charge is -2.24. The summed E-state index contributed by atoms with van der Waals surface area (Å²) in [7, 11) is 1.84. The summed E-state index contributed by atoms with van der Waals surface area (Å²) < 4.78 is 0. The monoisotopic (exact) mass is 225 g/mol. The molecule has 2 heteroatoms. The van der Waals surface area contributed by atoms with Crippen molar-refractivity contribution in [2.24, 2.45) is 5.92 Å². The lowest BCUT2D eigenvalue weighted by Crippen LogP contribution is -2.36. The van der Waals surface area contributed by atoms with Crippen molar-refractivity contribution in [3.63, 3.8) is 0 Å². The number of carbonyl (C=O) groups is 1. The van der Waals surface area contributed by atoms with Gasteiger partial charge in [-0.3, -0.25) is 4.79 Å². The Hall–Kier alpha value is -1.83. The summed E-state index contributed by atoms with van der Waals surface area (Å²) in [6.45, 7) is 2.12. The Balaban J connectivity index is 2.22. The number of carbonyl (C=O) groups excluding carboxylic acids is 1. The molecule has 0 aromatic heterocycles. The largest absolute Gasteiger partial charge is 0.314 e. The highest BCUT2D eigenvalue weighted by Gasteiger charge is 2.46. The number of hydrogen-bond acceptors (Lipinski definition) is 1. The number of benzene rings is 1. The minimum absolute atomic E-state index is 0.137. The summed E-state index contributed by atoms with van der Waals surface area (Å²) >= 11 is 0. The predicted octanol–water partition coefficient (Wildman–Crippen LogP) is 2.66. The Labute approximate surface area is 101 Å². The fraction of sp³-hybridized carbons (Fsp3) is 0.267. The molecule has 2 nitrogen and oxygen atoms in total. The molecule has 2 aliphatic rings. The zero-order chi connectivity index (χ0) is 12.0. The molecule has 0 N–H and O–H groups in total. The molecule has 3 rings (SSSR count). The van der Waals surface area contributed by atoms with Crippen LogP contribution in [0.1, 0.15) is 12.5 Å². The van der Waals surface area contributed by atoms with E-state index < -0.39 is 5.41 Å². The zero-order valence-corrected chi connectivity index (χ0v) is 10.1. The normalized spacial score (nSPS) is 30.1. The zero-order valence-electron chi connectivity index (χ0n) is 10.1. The van der Waals surface area contributed by atoms with E-state index in [2.05, 4.69) is 19.1 Å². The molecule has 1 aromatic rings. The van der Waals surface area contributed by atoms with Gasteiger partial charge in [-0.05, 0) is 17.5 Å². The third-order valence-electron chi connectivity index (χ3n) is 3.69. The van der Waals surface area contributed by atoms with Crippen molar-refractivity contribution in [2.75, 3.05) is 11.9 Å². The van der Waals surface area contributed by atoms with E-state index in [1.807, 2.05) is 43.5 Å². The van der Waals surface area contributed by atoms with E-state index in [0.29, 0.717) is 5.92 Å². The van der Waals surface area contributed by atoms with E-state index in [1.165, 1.54) is 0 Å². The first-order valence-corrected chi connectivity index (χ1v) is 5.91. The molecular formula is C15H15NO. The maximum atomic E-state index is 12.5. The van der Waals surface area contributed by atoms with Crippen molar-refractivity contribution >= 4 is 11.6 Å². The van der Waals surface area contributed by atoms with Crippen LogP contribution in [-0.4, -0.2) is 13.0 Å². The molecule has 1 aliphatic carbocycles. The smallest absolute Gasteiger partial charge is 0.245 e. The molecule has 0 saturated heterocycles. The van der Waals surface area contributed by atoms with Gasteiger partial charge in [0.15, 0.2) is 0 Å². The standard InChI is InChI=1S/C15H15NO/c1-11-7-9-15(10-8-11)12-5-3-4-6-13(12)16(2)14(15)17/h3-11H,1-2H3. The van der Waals surface area contributed by atoms with Gasteiger partial charge in [0.25, 0.3) is 0 Å². The second kappa shape index (κ2) is 3.33. The van der Waals surface area contributed by atoms with Crippen molar-refractivity contribution in [1.82, 2.24) is 0 Å². The number of fused-ring (bicyclic) bond motifs is 2. The molecule has 17 heavy (non-hydrogen) atoms. The SMILES string of the molecule is CC1C=CC2(C=C1)C(=O)N(C)c1ccccc12. The molecule has 1 amide bonds. The van der Waals surface area contributed by atoms with E-state index in [0.717, 1.165) is 11.3 Å². The number of anilines is 1. The molecule has 1 aliphatic heterocycles. The Kier molecular flexibility index (Phi) is 2.02. The highest BCUT2D eigenvalue weighted by molar-refractivity contribution is 6.10. The Bertz CT molecular complexity index is 528. The topological polar surface area (TPSA) is 20.3 Å². The maximum absolute atomic E-state index is 12.5. The van der Waals surface area contributed by atoms with Gasteiger partial charge >= 0.3 is 0 Å². The van der Waals surface area contributed by atoms with Crippen LogP contribution in [-0.2, 0) is 10.2 Å². The van der Waals surface area contributed by atoms with E-state index in [9.17, 15) is 4.79 Å². The first-order valence-electron chi connectivity index (χ1n) is 5.91. The quantitative estimate of drug-likeness (QED) is 0.622. The predicted molar refractivity (Wildman–Crippen MR) is 69.0 cm³/mol. The fourth-order valence-electron chi connectivity index (χ4n) is 2.67. The minimum atomic E-state index is -0.558. The highest BCUT2D eigenvalue weighted by Crippen LogP contribution is 2.44. The third kappa shape index (κ3) is 1.24. The molecule has 86 valence electrons. The van der Waals surface area contributed by atoms with Gasteiger partial charge in [0, 0.05) is 12.7 Å². The maximum Gasteiger partial charge on any atom is 0.245 e. The average Bonchev–Trinajstić information content (AvgIpc) is 2.57. The minimum Gasteiger partial charge on any atom is -0.314 e. The van der Waals surface area contributed by atoms with Gasteiger partial charge in [-0.1, -0.05) is 49.4 Å². The van der Waals surface area contributed by atoms with E-state index >= 15 is 0 Å². The molecule has 0 saturated carbocycles. The van der Waals surface area contributed by atoms with Crippen LogP contribution in [0.3, 0.4) is 0 Å². The summed E-state index contributed by atoms with van der Waals surface area (Å²) in [5.74, 6) is 0.546. The third-order valence-corrected chi connectivity index (χ3v) is 3.69. The van der Waals surface area contributed by atoms with E-state index in [1.54, 1.807) is 4.90 Å². The highest BCUT2D eigenvalue weighted by atomic mass is 16.2. The van der Waals surface area contributed by atoms with Crippen molar-refractivity contribution in [3.05, 3.63) is 54.1 Å². The second-order valence-corrected chi connectivity index (χ2v) is 4.83. The molecule has 0 radical (unpaired) electrons. The molecular weight excluding hydrogens is 210 g/mol. The summed E-state index contributed by atoms with van der Waals surface area (Å²) in [4.78, 5) is 14.2. The molecule has 1 spiro atoms. The van der Waals surface area contributed by atoms with Crippen LogP contribution in [0.5, 0.6) is 0 Å². The molecule has 0 bridgehead atoms. The Morgan fingerprint density at radius 1 is 1.18 bits per heavy atom. The number of para-hydroxylation sites is 1. The van der Waals surface area contributed by atoms with Crippen molar-refractivity contribution in [3.8, 4) is 0 Å². The van der Waals surface area contributed by atoms with Crippen LogP contribution < -0.4 is 4.90 Å². The van der Waals surface area contributed by atoms with Crippen LogP contribution in [0.2, 0.25) is 0 Å². The van der Waals surface area contributed by atoms with Gasteiger partial charge in [0.05, 0.1) is 0 Å². The lowest BCUT2D eigenvalue weighted by atomic mass is 9.77. The average molecular weight is 225 g/mol. The van der Waals surface area contributed by atoms with Crippen LogP contribution in [0.4, 0.5) is 5.69 Å². The van der Waals surface area contributed by atoms with Gasteiger partial charge in [0.1, 0.15) is 5.41 Å². The van der Waals surface area contributed by atoms with Gasteiger partial charge in [-0.15, -0.1) is 0 Å². The van der Waals surface area contributed by atoms with Crippen LogP contribution in [0.25, 0.3) is 0 Å². The summed E-state index contributed by atoms with van der Waals surface area (Å²) in [6, 6.07) is 8.01. The number of nitrogens with zero attached hydrogens (tertiary/aromatic N) is 1. The molecule has 1 aromatic carbocycles. The number of rotatable bonds is 0. The van der Waals surface area contributed by atoms with Gasteiger partial charge in [0.2, 0.25) is 5.91 Å². The van der Waals surface area contributed by atoms with E-state index in [-0.39, 0.29) is 5.91 Å². The van der Waals surface area contributed by atoms with Crippen LogP contribution in [0.15, 0.2) is 48.6 Å². The lowest BCUT2D eigenvalue weighted by molar-refractivity contribution is -0.120. The summed E-state index contributed by atoms with van der Waals surface area (Å²) in [5.41, 5.74) is 1.55. The number of hydrogen-bond donors (Lipinski definition) is 0. The first kappa shape index (κ1) is 10.3. The molecule has 0 fully saturated rings. The number of allylic oxidation sites excluding steroid dienone is 2. The summed E-state index contributed by atoms with van der Waals surface area (Å²) in [6.07, 6.45) is 8.30. The van der Waals surface area contributed by atoms with Crippen molar-refractivity contribution in [1.29, 1.82) is 0 Å². The Morgan fingerprint density at radius 3 is 2.53 bits per heavy atom. The Morgan fingerprint density at radius 2 is 1.82 bits per heavy atom. The fourth-order valence-corrected chi connectivity index (χ4v) is 2.67. The van der Waals surface area contributed by atoms with Crippen LogP contribution in [0, 0.1) is 5.92 Å². The van der Waals surface area contributed by atoms with Gasteiger partial charge in [-0.25, -0.2) is 0 Å². The van der Waals surface area contributed by atoms with Gasteiger partial charge in [-0.2, -0.15) is 0 Å². The first-order chi connectivity index (χ1) is 8.15. The van der Waals surface area contributed by atoms with Crippen molar-refractivity contribution in [2.45, 2.75) is 12.3 Å². The van der Waals surface area contributed by atoms with Crippen molar-refractivity contribution < 1.29 is 4.79 Å². The van der Waals surface area contributed by atoms with Crippen LogP contribution >= 0.6 is 0 Å². The number of amides is 1. The number of likely N-dealkylation sites (N-methyl/N-ethyl adjacent to an activating group) is 1. The molecule has 0 atom stereocenters.